The zero-order valence-electron chi connectivity index (χ0n) is 12.2. The van der Waals surface area contributed by atoms with Gasteiger partial charge in [-0.05, 0) is 25.3 Å². The van der Waals surface area contributed by atoms with Crippen LogP contribution in [0.5, 0.6) is 0 Å². The maximum atomic E-state index is 5.22. The summed E-state index contributed by atoms with van der Waals surface area (Å²) >= 11 is 0. The van der Waals surface area contributed by atoms with Gasteiger partial charge in [0.1, 0.15) is 0 Å². The van der Waals surface area contributed by atoms with Gasteiger partial charge in [0, 0.05) is 18.5 Å². The van der Waals surface area contributed by atoms with Crippen LogP contribution in [0.4, 0.5) is 5.95 Å². The molecule has 0 saturated heterocycles. The first-order chi connectivity index (χ1) is 8.56. The van der Waals surface area contributed by atoms with Crippen LogP contribution in [0.2, 0.25) is 0 Å². The summed E-state index contributed by atoms with van der Waals surface area (Å²) in [4.78, 5) is 9.00. The van der Waals surface area contributed by atoms with E-state index < -0.39 is 0 Å². The van der Waals surface area contributed by atoms with Gasteiger partial charge in [0.25, 0.3) is 0 Å². The van der Waals surface area contributed by atoms with Crippen molar-refractivity contribution in [2.75, 3.05) is 19.0 Å². The van der Waals surface area contributed by atoms with Crippen LogP contribution in [0.3, 0.4) is 0 Å². The molecular weight excluding hydrogens is 226 g/mol. The lowest BCUT2D eigenvalue weighted by molar-refractivity contribution is 0.182. The van der Waals surface area contributed by atoms with Crippen molar-refractivity contribution < 1.29 is 4.74 Å². The molecule has 0 fully saturated rings. The third-order valence-electron chi connectivity index (χ3n) is 2.80. The Bertz CT molecular complexity index is 360. The molecule has 0 bridgehead atoms. The number of hydrogen-bond donors (Lipinski definition) is 1. The summed E-state index contributed by atoms with van der Waals surface area (Å²) in [5.74, 6) is 1.13. The van der Waals surface area contributed by atoms with E-state index in [1.54, 1.807) is 7.11 Å². The number of ether oxygens (including phenoxy) is 1. The Morgan fingerprint density at radius 3 is 2.61 bits per heavy atom. The van der Waals surface area contributed by atoms with Crippen molar-refractivity contribution in [2.24, 2.45) is 0 Å². The quantitative estimate of drug-likeness (QED) is 0.808. The minimum Gasteiger partial charge on any atom is -0.383 e. The second kappa shape index (κ2) is 7.31. The summed E-state index contributed by atoms with van der Waals surface area (Å²) in [6.07, 6.45) is 2.17. The summed E-state index contributed by atoms with van der Waals surface area (Å²) in [6, 6.07) is 2.32. The summed E-state index contributed by atoms with van der Waals surface area (Å²) in [6.45, 7) is 9.14. The smallest absolute Gasteiger partial charge is 0.223 e. The molecule has 1 N–H and O–H groups in total. The van der Waals surface area contributed by atoms with Crippen LogP contribution in [0, 0.1) is 6.92 Å². The molecule has 1 unspecified atom stereocenters. The highest BCUT2D eigenvalue weighted by Crippen LogP contribution is 2.15. The van der Waals surface area contributed by atoms with Gasteiger partial charge in [-0.15, -0.1) is 0 Å². The van der Waals surface area contributed by atoms with Crippen molar-refractivity contribution in [3.05, 3.63) is 17.5 Å². The molecule has 1 heterocycles. The minimum absolute atomic E-state index is 0.279. The monoisotopic (exact) mass is 251 g/mol. The molecule has 4 nitrogen and oxygen atoms in total. The molecule has 1 atom stereocenters. The molecule has 0 amide bonds. The van der Waals surface area contributed by atoms with Crippen molar-refractivity contribution >= 4 is 5.95 Å². The van der Waals surface area contributed by atoms with E-state index >= 15 is 0 Å². The van der Waals surface area contributed by atoms with E-state index in [2.05, 4.69) is 36.1 Å². The average Bonchev–Trinajstić information content (AvgIpc) is 2.28. The molecule has 0 spiro atoms. The minimum atomic E-state index is 0.279. The molecule has 0 aliphatic heterocycles. The first kappa shape index (κ1) is 14.9. The van der Waals surface area contributed by atoms with Crippen molar-refractivity contribution in [1.82, 2.24) is 9.97 Å². The second-order valence-corrected chi connectivity index (χ2v) is 5.00. The molecule has 4 heteroatoms. The van der Waals surface area contributed by atoms with Crippen molar-refractivity contribution in [3.8, 4) is 0 Å². The summed E-state index contributed by atoms with van der Waals surface area (Å²) < 4.78 is 5.22. The van der Waals surface area contributed by atoms with E-state index in [0.717, 1.165) is 24.2 Å². The van der Waals surface area contributed by atoms with Gasteiger partial charge in [0.05, 0.1) is 12.6 Å². The standard InChI is InChI=1S/C14H25N3O/c1-6-7-12(9-18-5)16-14-15-11(4)8-13(17-14)10(2)3/h8,10,12H,6-7,9H2,1-5H3,(H,15,16,17). The normalized spacial score (nSPS) is 12.8. The van der Waals surface area contributed by atoms with Gasteiger partial charge >= 0.3 is 0 Å². The molecule has 1 rings (SSSR count). The highest BCUT2D eigenvalue weighted by atomic mass is 16.5. The number of nitrogens with zero attached hydrogens (tertiary/aromatic N) is 2. The van der Waals surface area contributed by atoms with Crippen LogP contribution >= 0.6 is 0 Å². The largest absolute Gasteiger partial charge is 0.383 e. The second-order valence-electron chi connectivity index (χ2n) is 5.00. The van der Waals surface area contributed by atoms with Crippen molar-refractivity contribution in [3.63, 3.8) is 0 Å². The fourth-order valence-corrected chi connectivity index (χ4v) is 1.88. The Hall–Kier alpha value is -1.16. The molecule has 102 valence electrons. The van der Waals surface area contributed by atoms with E-state index in [1.807, 2.05) is 13.0 Å². The number of aromatic nitrogens is 2. The first-order valence-corrected chi connectivity index (χ1v) is 6.67. The topological polar surface area (TPSA) is 47.0 Å². The zero-order chi connectivity index (χ0) is 13.5. The maximum absolute atomic E-state index is 5.22. The van der Waals surface area contributed by atoms with E-state index in [9.17, 15) is 0 Å². The van der Waals surface area contributed by atoms with Crippen LogP contribution in [-0.2, 0) is 4.74 Å². The fourth-order valence-electron chi connectivity index (χ4n) is 1.88. The molecule has 1 aromatic rings. The lowest BCUT2D eigenvalue weighted by Gasteiger charge is -2.18. The summed E-state index contributed by atoms with van der Waals surface area (Å²) in [5.41, 5.74) is 2.08. The molecule has 18 heavy (non-hydrogen) atoms. The number of nitrogens with one attached hydrogen (secondary N) is 1. The molecule has 1 aromatic heterocycles. The molecule has 0 aliphatic rings. The van der Waals surface area contributed by atoms with E-state index in [0.29, 0.717) is 18.5 Å². The third kappa shape index (κ3) is 4.61. The Balaban J connectivity index is 2.81. The average molecular weight is 251 g/mol. The van der Waals surface area contributed by atoms with E-state index in [-0.39, 0.29) is 6.04 Å². The first-order valence-electron chi connectivity index (χ1n) is 6.67. The molecule has 0 saturated carbocycles. The lowest BCUT2D eigenvalue weighted by Crippen LogP contribution is -2.26. The number of anilines is 1. The van der Waals surface area contributed by atoms with Crippen LogP contribution < -0.4 is 5.32 Å². The van der Waals surface area contributed by atoms with Gasteiger partial charge in [0.2, 0.25) is 5.95 Å². The zero-order valence-corrected chi connectivity index (χ0v) is 12.2. The molecular formula is C14H25N3O. The van der Waals surface area contributed by atoms with Crippen molar-refractivity contribution in [2.45, 2.75) is 52.5 Å². The van der Waals surface area contributed by atoms with Crippen LogP contribution in [0.25, 0.3) is 0 Å². The number of aryl methyl sites for hydroxylation is 1. The Labute approximate surface area is 110 Å². The Kier molecular flexibility index (Phi) is 6.05. The number of rotatable bonds is 7. The SMILES string of the molecule is CCCC(COC)Nc1nc(C)cc(C(C)C)n1. The lowest BCUT2D eigenvalue weighted by atomic mass is 10.1. The Morgan fingerprint density at radius 1 is 1.33 bits per heavy atom. The predicted molar refractivity (Wildman–Crippen MR) is 75.1 cm³/mol. The molecule has 0 aliphatic carbocycles. The highest BCUT2D eigenvalue weighted by molar-refractivity contribution is 5.30. The number of hydrogen-bond acceptors (Lipinski definition) is 4. The van der Waals surface area contributed by atoms with Gasteiger partial charge in [-0.1, -0.05) is 27.2 Å². The van der Waals surface area contributed by atoms with Crippen LogP contribution in [0.15, 0.2) is 6.07 Å². The van der Waals surface area contributed by atoms with Gasteiger partial charge in [-0.2, -0.15) is 0 Å². The van der Waals surface area contributed by atoms with Crippen LogP contribution in [0.1, 0.15) is 50.9 Å². The van der Waals surface area contributed by atoms with E-state index in [4.69, 9.17) is 4.74 Å². The fraction of sp³-hybridized carbons (Fsp3) is 0.714. The van der Waals surface area contributed by atoms with Gasteiger partial charge in [-0.3, -0.25) is 0 Å². The van der Waals surface area contributed by atoms with Gasteiger partial charge in [0.15, 0.2) is 0 Å². The van der Waals surface area contributed by atoms with Gasteiger partial charge < -0.3 is 10.1 Å². The van der Waals surface area contributed by atoms with Crippen LogP contribution in [-0.4, -0.2) is 29.7 Å². The third-order valence-corrected chi connectivity index (χ3v) is 2.80. The summed E-state index contributed by atoms with van der Waals surface area (Å²) in [7, 11) is 1.72. The Morgan fingerprint density at radius 2 is 2.06 bits per heavy atom. The number of methoxy groups -OCH3 is 1. The predicted octanol–water partition coefficient (Wildman–Crippen LogP) is 3.14. The van der Waals surface area contributed by atoms with Crippen molar-refractivity contribution in [1.29, 1.82) is 0 Å². The van der Waals surface area contributed by atoms with E-state index in [1.165, 1.54) is 0 Å². The highest BCUT2D eigenvalue weighted by Gasteiger charge is 2.11. The maximum Gasteiger partial charge on any atom is 0.223 e. The molecule has 0 aromatic carbocycles. The summed E-state index contributed by atoms with van der Waals surface area (Å²) in [5, 5.41) is 3.37. The molecule has 0 radical (unpaired) electrons. The van der Waals surface area contributed by atoms with Gasteiger partial charge in [-0.25, -0.2) is 9.97 Å².